The van der Waals surface area contributed by atoms with Gasteiger partial charge in [0.1, 0.15) is 0 Å². The van der Waals surface area contributed by atoms with Crippen molar-refractivity contribution in [1.82, 2.24) is 15.5 Å². The minimum atomic E-state index is -0.227. The largest absolute Gasteiger partial charge is 0.357 e. The summed E-state index contributed by atoms with van der Waals surface area (Å²) in [4.78, 5) is 31.0. The smallest absolute Gasteiger partial charge is 0.261 e. The molecule has 2 aromatic rings. The van der Waals surface area contributed by atoms with Crippen LogP contribution in [0.5, 0.6) is 0 Å². The Hall–Kier alpha value is -2.42. The second kappa shape index (κ2) is 9.59. The maximum absolute atomic E-state index is 12.5. The third kappa shape index (κ3) is 4.50. The molecule has 1 saturated carbocycles. The number of halogens is 1. The van der Waals surface area contributed by atoms with Gasteiger partial charge in [0.15, 0.2) is 5.96 Å². The van der Waals surface area contributed by atoms with Gasteiger partial charge < -0.3 is 10.6 Å². The Labute approximate surface area is 194 Å². The summed E-state index contributed by atoms with van der Waals surface area (Å²) in [5.74, 6) is 0.261. The summed E-state index contributed by atoms with van der Waals surface area (Å²) in [6.07, 6.45) is 2.30. The van der Waals surface area contributed by atoms with Gasteiger partial charge in [0.05, 0.1) is 17.7 Å². The highest BCUT2D eigenvalue weighted by Gasteiger charge is 2.44. The van der Waals surface area contributed by atoms with Gasteiger partial charge >= 0.3 is 0 Å². The molecule has 1 aliphatic heterocycles. The van der Waals surface area contributed by atoms with Crippen LogP contribution in [-0.2, 0) is 5.41 Å². The highest BCUT2D eigenvalue weighted by molar-refractivity contribution is 14.0. The Morgan fingerprint density at radius 1 is 0.967 bits per heavy atom. The van der Waals surface area contributed by atoms with E-state index in [4.69, 9.17) is 4.99 Å². The van der Waals surface area contributed by atoms with Crippen LogP contribution in [-0.4, -0.2) is 48.9 Å². The van der Waals surface area contributed by atoms with Crippen LogP contribution in [0.15, 0.2) is 59.6 Å². The molecule has 0 unspecified atom stereocenters. The first-order valence-electron chi connectivity index (χ1n) is 10.2. The molecule has 0 radical (unpaired) electrons. The SMILES string of the molecule is CCNC(=NCC1(c2ccccc2)CC1)NCCN1C(=O)c2ccccc2C1=O.I. The average Bonchev–Trinajstić information content (AvgIpc) is 3.51. The van der Waals surface area contributed by atoms with E-state index in [1.807, 2.05) is 13.0 Å². The summed E-state index contributed by atoms with van der Waals surface area (Å²) >= 11 is 0. The molecule has 7 heteroatoms. The zero-order chi connectivity index (χ0) is 20.3. The van der Waals surface area contributed by atoms with Gasteiger partial charge in [0.25, 0.3) is 11.8 Å². The van der Waals surface area contributed by atoms with Gasteiger partial charge in [-0.3, -0.25) is 19.5 Å². The number of aliphatic imine (C=N–C) groups is 1. The normalized spacial score (nSPS) is 16.7. The number of nitrogens with one attached hydrogen (secondary N) is 2. The molecule has 0 bridgehead atoms. The minimum Gasteiger partial charge on any atom is -0.357 e. The second-order valence-electron chi connectivity index (χ2n) is 7.58. The highest BCUT2D eigenvalue weighted by Crippen LogP contribution is 2.48. The maximum atomic E-state index is 12.5. The first-order valence-corrected chi connectivity index (χ1v) is 10.2. The quantitative estimate of drug-likeness (QED) is 0.256. The Balaban J connectivity index is 0.00000256. The second-order valence-corrected chi connectivity index (χ2v) is 7.58. The van der Waals surface area contributed by atoms with E-state index in [2.05, 4.69) is 34.9 Å². The van der Waals surface area contributed by atoms with Crippen LogP contribution in [0.2, 0.25) is 0 Å². The number of fused-ring (bicyclic) bond motifs is 1. The molecule has 0 spiro atoms. The summed E-state index contributed by atoms with van der Waals surface area (Å²) < 4.78 is 0. The van der Waals surface area contributed by atoms with Gasteiger partial charge in [0.2, 0.25) is 0 Å². The molecule has 0 saturated heterocycles. The molecule has 1 heterocycles. The summed E-state index contributed by atoms with van der Waals surface area (Å²) in [5.41, 5.74) is 2.45. The number of rotatable bonds is 7. The molecule has 4 rings (SSSR count). The summed E-state index contributed by atoms with van der Waals surface area (Å²) in [6, 6.07) is 17.5. The van der Waals surface area contributed by atoms with Crippen LogP contribution in [0.1, 0.15) is 46.0 Å². The van der Waals surface area contributed by atoms with Crippen molar-refractivity contribution >= 4 is 41.8 Å². The topological polar surface area (TPSA) is 73.8 Å². The van der Waals surface area contributed by atoms with Crippen molar-refractivity contribution in [3.05, 3.63) is 71.3 Å². The van der Waals surface area contributed by atoms with Crippen molar-refractivity contribution in [1.29, 1.82) is 0 Å². The van der Waals surface area contributed by atoms with Gasteiger partial charge in [-0.1, -0.05) is 42.5 Å². The predicted octanol–water partition coefficient (Wildman–Crippen LogP) is 3.19. The molecule has 2 aromatic carbocycles. The van der Waals surface area contributed by atoms with Crippen LogP contribution in [0.4, 0.5) is 0 Å². The van der Waals surface area contributed by atoms with Gasteiger partial charge in [0, 0.05) is 25.0 Å². The number of guanidine groups is 1. The maximum Gasteiger partial charge on any atom is 0.261 e. The third-order valence-electron chi connectivity index (χ3n) is 5.63. The van der Waals surface area contributed by atoms with E-state index in [1.54, 1.807) is 24.3 Å². The van der Waals surface area contributed by atoms with Crippen molar-refractivity contribution < 1.29 is 9.59 Å². The van der Waals surface area contributed by atoms with Crippen molar-refractivity contribution in [2.75, 3.05) is 26.2 Å². The van der Waals surface area contributed by atoms with Crippen LogP contribution in [0.25, 0.3) is 0 Å². The lowest BCUT2D eigenvalue weighted by atomic mass is 9.96. The molecule has 2 N–H and O–H groups in total. The number of carbonyl (C=O) groups excluding carboxylic acids is 2. The van der Waals surface area contributed by atoms with E-state index in [0.717, 1.165) is 25.9 Å². The molecule has 0 atom stereocenters. The fourth-order valence-electron chi connectivity index (χ4n) is 3.78. The van der Waals surface area contributed by atoms with E-state index in [0.29, 0.717) is 30.2 Å². The third-order valence-corrected chi connectivity index (χ3v) is 5.63. The van der Waals surface area contributed by atoms with Crippen molar-refractivity contribution in [2.24, 2.45) is 4.99 Å². The van der Waals surface area contributed by atoms with E-state index < -0.39 is 0 Å². The Morgan fingerprint density at radius 2 is 1.57 bits per heavy atom. The van der Waals surface area contributed by atoms with Gasteiger partial charge in [-0.2, -0.15) is 0 Å². The molecule has 6 nitrogen and oxygen atoms in total. The standard InChI is InChI=1S/C23H26N4O2.HI/c1-2-24-22(26-16-23(12-13-23)17-8-4-3-5-9-17)25-14-15-27-20(28)18-10-6-7-11-19(18)21(27)29;/h3-11H,2,12-16H2,1H3,(H2,24,25,26);1H. The van der Waals surface area contributed by atoms with E-state index in [-0.39, 0.29) is 41.2 Å². The molecule has 158 valence electrons. The summed E-state index contributed by atoms with van der Waals surface area (Å²) in [5, 5.41) is 6.51. The van der Waals surface area contributed by atoms with Crippen molar-refractivity contribution in [3.63, 3.8) is 0 Å². The lowest BCUT2D eigenvalue weighted by molar-refractivity contribution is 0.0657. The van der Waals surface area contributed by atoms with E-state index in [9.17, 15) is 9.59 Å². The molecule has 0 aromatic heterocycles. The number of amides is 2. The van der Waals surface area contributed by atoms with Crippen LogP contribution < -0.4 is 10.6 Å². The Morgan fingerprint density at radius 3 is 2.13 bits per heavy atom. The molecular weight excluding hydrogens is 491 g/mol. The minimum absolute atomic E-state index is 0. The number of imide groups is 1. The fourth-order valence-corrected chi connectivity index (χ4v) is 3.78. The predicted molar refractivity (Wildman–Crippen MR) is 129 cm³/mol. The lowest BCUT2D eigenvalue weighted by Crippen LogP contribution is -2.43. The zero-order valence-electron chi connectivity index (χ0n) is 17.1. The summed E-state index contributed by atoms with van der Waals surface area (Å²) in [6.45, 7) is 4.25. The fraction of sp³-hybridized carbons (Fsp3) is 0.348. The number of carbonyl (C=O) groups is 2. The number of benzene rings is 2. The number of hydrogen-bond acceptors (Lipinski definition) is 3. The van der Waals surface area contributed by atoms with Crippen molar-refractivity contribution in [2.45, 2.75) is 25.2 Å². The van der Waals surface area contributed by atoms with Crippen LogP contribution >= 0.6 is 24.0 Å². The number of nitrogens with zero attached hydrogens (tertiary/aromatic N) is 2. The van der Waals surface area contributed by atoms with Gasteiger partial charge in [-0.25, -0.2) is 0 Å². The number of hydrogen-bond donors (Lipinski definition) is 2. The lowest BCUT2D eigenvalue weighted by Gasteiger charge is -2.18. The molecule has 2 aliphatic rings. The molecular formula is C23H27IN4O2. The van der Waals surface area contributed by atoms with Crippen LogP contribution in [0, 0.1) is 0 Å². The molecule has 1 aliphatic carbocycles. The van der Waals surface area contributed by atoms with Gasteiger partial charge in [-0.05, 0) is 37.5 Å². The summed E-state index contributed by atoms with van der Waals surface area (Å²) in [7, 11) is 0. The first-order chi connectivity index (χ1) is 14.1. The monoisotopic (exact) mass is 518 g/mol. The molecule has 30 heavy (non-hydrogen) atoms. The van der Waals surface area contributed by atoms with Crippen molar-refractivity contribution in [3.8, 4) is 0 Å². The van der Waals surface area contributed by atoms with Crippen LogP contribution in [0.3, 0.4) is 0 Å². The molecule has 1 fully saturated rings. The van der Waals surface area contributed by atoms with E-state index in [1.165, 1.54) is 10.5 Å². The van der Waals surface area contributed by atoms with Gasteiger partial charge in [-0.15, -0.1) is 24.0 Å². The Bertz CT molecular complexity index is 906. The molecule has 2 amide bonds. The highest BCUT2D eigenvalue weighted by atomic mass is 127. The Kier molecular flexibility index (Phi) is 7.12. The zero-order valence-corrected chi connectivity index (χ0v) is 19.4. The van der Waals surface area contributed by atoms with E-state index >= 15 is 0 Å². The first kappa shape index (κ1) is 22.3. The average molecular weight is 518 g/mol.